The van der Waals surface area contributed by atoms with Crippen molar-refractivity contribution in [2.75, 3.05) is 13.2 Å². The van der Waals surface area contributed by atoms with Gasteiger partial charge in [-0.2, -0.15) is 8.42 Å². The summed E-state index contributed by atoms with van der Waals surface area (Å²) in [6, 6.07) is 5.12. The zero-order valence-electron chi connectivity index (χ0n) is 9.43. The standard InChI is InChI=1S/C11H16O4S/c1-3-15-8-7-10-6-4-5-9(2)11(10)16(12,13)14/h4-6H,3,7-8H2,1-2H3,(H,12,13,14). The van der Waals surface area contributed by atoms with Gasteiger partial charge >= 0.3 is 0 Å². The smallest absolute Gasteiger partial charge is 0.295 e. The van der Waals surface area contributed by atoms with Crippen LogP contribution in [0.3, 0.4) is 0 Å². The Kier molecular flexibility index (Phi) is 4.46. The minimum Gasteiger partial charge on any atom is -0.381 e. The zero-order chi connectivity index (χ0) is 12.2. The fourth-order valence-corrected chi connectivity index (χ4v) is 2.58. The van der Waals surface area contributed by atoms with Gasteiger partial charge in [0.2, 0.25) is 0 Å². The molecule has 0 atom stereocenters. The fourth-order valence-electron chi connectivity index (χ4n) is 1.61. The van der Waals surface area contributed by atoms with E-state index in [-0.39, 0.29) is 4.90 Å². The van der Waals surface area contributed by atoms with Crippen LogP contribution in [0.15, 0.2) is 23.1 Å². The van der Waals surface area contributed by atoms with Crippen molar-refractivity contribution in [2.24, 2.45) is 0 Å². The van der Waals surface area contributed by atoms with Gasteiger partial charge in [0, 0.05) is 6.61 Å². The Bertz CT molecular complexity index is 451. The minimum atomic E-state index is -4.16. The predicted molar refractivity (Wildman–Crippen MR) is 61.2 cm³/mol. The van der Waals surface area contributed by atoms with Gasteiger partial charge in [-0.05, 0) is 31.4 Å². The molecule has 0 bridgehead atoms. The van der Waals surface area contributed by atoms with Gasteiger partial charge in [0.15, 0.2) is 0 Å². The highest BCUT2D eigenvalue weighted by atomic mass is 32.2. The average Bonchev–Trinajstić information content (AvgIpc) is 2.16. The molecule has 5 heteroatoms. The molecule has 0 amide bonds. The van der Waals surface area contributed by atoms with Crippen molar-refractivity contribution < 1.29 is 17.7 Å². The van der Waals surface area contributed by atoms with Crippen LogP contribution < -0.4 is 0 Å². The summed E-state index contributed by atoms with van der Waals surface area (Å²) in [5, 5.41) is 0. The van der Waals surface area contributed by atoms with E-state index in [1.807, 2.05) is 6.92 Å². The van der Waals surface area contributed by atoms with Crippen LogP contribution in [0.1, 0.15) is 18.1 Å². The van der Waals surface area contributed by atoms with Crippen molar-refractivity contribution in [3.63, 3.8) is 0 Å². The topological polar surface area (TPSA) is 63.6 Å². The summed E-state index contributed by atoms with van der Waals surface area (Å²) in [7, 11) is -4.16. The Labute approximate surface area is 96.0 Å². The molecule has 0 heterocycles. The van der Waals surface area contributed by atoms with Crippen LogP contribution in [0.5, 0.6) is 0 Å². The second-order valence-electron chi connectivity index (χ2n) is 3.49. The van der Waals surface area contributed by atoms with Gasteiger partial charge < -0.3 is 4.74 Å². The van der Waals surface area contributed by atoms with Crippen LogP contribution in [0.4, 0.5) is 0 Å². The second-order valence-corrected chi connectivity index (χ2v) is 4.84. The lowest BCUT2D eigenvalue weighted by Crippen LogP contribution is -2.08. The maximum Gasteiger partial charge on any atom is 0.295 e. The first-order valence-electron chi connectivity index (χ1n) is 5.10. The molecular weight excluding hydrogens is 228 g/mol. The van der Waals surface area contributed by atoms with E-state index in [2.05, 4.69) is 0 Å². The van der Waals surface area contributed by atoms with E-state index in [0.717, 1.165) is 0 Å². The normalized spacial score (nSPS) is 11.7. The Morgan fingerprint density at radius 1 is 1.38 bits per heavy atom. The lowest BCUT2D eigenvalue weighted by Gasteiger charge is -2.09. The lowest BCUT2D eigenvalue weighted by molar-refractivity contribution is 0.150. The largest absolute Gasteiger partial charge is 0.381 e. The molecule has 16 heavy (non-hydrogen) atoms. The van der Waals surface area contributed by atoms with E-state index >= 15 is 0 Å². The number of rotatable bonds is 5. The minimum absolute atomic E-state index is 0.00898. The average molecular weight is 244 g/mol. The summed E-state index contributed by atoms with van der Waals surface area (Å²) in [4.78, 5) is 0.00898. The summed E-state index contributed by atoms with van der Waals surface area (Å²) in [5.41, 5.74) is 1.15. The highest BCUT2D eigenvalue weighted by Crippen LogP contribution is 2.20. The molecule has 0 radical (unpaired) electrons. The van der Waals surface area contributed by atoms with Gasteiger partial charge in [-0.15, -0.1) is 0 Å². The van der Waals surface area contributed by atoms with Crippen LogP contribution in [-0.4, -0.2) is 26.2 Å². The highest BCUT2D eigenvalue weighted by Gasteiger charge is 2.17. The van der Waals surface area contributed by atoms with Gasteiger partial charge in [-0.1, -0.05) is 18.2 Å². The fraction of sp³-hybridized carbons (Fsp3) is 0.455. The molecule has 1 aromatic rings. The van der Waals surface area contributed by atoms with E-state index < -0.39 is 10.1 Å². The van der Waals surface area contributed by atoms with Crippen LogP contribution in [0, 0.1) is 6.92 Å². The molecule has 0 aliphatic rings. The molecule has 0 aliphatic heterocycles. The van der Waals surface area contributed by atoms with Crippen LogP contribution in [-0.2, 0) is 21.3 Å². The van der Waals surface area contributed by atoms with E-state index in [0.29, 0.717) is 30.8 Å². The molecular formula is C11H16O4S. The first kappa shape index (κ1) is 13.2. The summed E-state index contributed by atoms with van der Waals surface area (Å²) in [6.45, 7) is 4.57. The molecule has 0 fully saturated rings. The first-order chi connectivity index (χ1) is 7.46. The molecule has 0 saturated heterocycles. The van der Waals surface area contributed by atoms with E-state index in [1.54, 1.807) is 25.1 Å². The molecule has 90 valence electrons. The van der Waals surface area contributed by atoms with Gasteiger partial charge in [-0.25, -0.2) is 0 Å². The van der Waals surface area contributed by atoms with Crippen molar-refractivity contribution in [1.82, 2.24) is 0 Å². The SMILES string of the molecule is CCOCCc1cccc(C)c1S(=O)(=O)O. The van der Waals surface area contributed by atoms with E-state index in [4.69, 9.17) is 9.29 Å². The van der Waals surface area contributed by atoms with Crippen molar-refractivity contribution in [1.29, 1.82) is 0 Å². The molecule has 1 rings (SSSR count). The van der Waals surface area contributed by atoms with Crippen LogP contribution in [0.25, 0.3) is 0 Å². The molecule has 0 aliphatic carbocycles. The Hall–Kier alpha value is -0.910. The van der Waals surface area contributed by atoms with E-state index in [1.165, 1.54) is 0 Å². The molecule has 0 aromatic heterocycles. The van der Waals surface area contributed by atoms with Gasteiger partial charge in [0.05, 0.1) is 6.61 Å². The number of ether oxygens (including phenoxy) is 1. The third kappa shape index (κ3) is 3.30. The maximum atomic E-state index is 11.2. The molecule has 1 aromatic carbocycles. The number of aryl methyl sites for hydroxylation is 1. The predicted octanol–water partition coefficient (Wildman–Crippen LogP) is 1.82. The van der Waals surface area contributed by atoms with Crippen molar-refractivity contribution in [3.05, 3.63) is 29.3 Å². The molecule has 1 N–H and O–H groups in total. The number of hydrogen-bond donors (Lipinski definition) is 1. The Balaban J connectivity index is 3.04. The first-order valence-corrected chi connectivity index (χ1v) is 6.54. The monoisotopic (exact) mass is 244 g/mol. The highest BCUT2D eigenvalue weighted by molar-refractivity contribution is 7.86. The molecule has 4 nitrogen and oxygen atoms in total. The third-order valence-electron chi connectivity index (χ3n) is 2.27. The van der Waals surface area contributed by atoms with Crippen LogP contribution in [0.2, 0.25) is 0 Å². The summed E-state index contributed by atoms with van der Waals surface area (Å²) in [5.74, 6) is 0. The molecule has 0 spiro atoms. The molecule has 0 saturated carbocycles. The summed E-state index contributed by atoms with van der Waals surface area (Å²) >= 11 is 0. The summed E-state index contributed by atoms with van der Waals surface area (Å²) < 4.78 is 36.8. The second kappa shape index (κ2) is 5.43. The van der Waals surface area contributed by atoms with E-state index in [9.17, 15) is 8.42 Å². The quantitative estimate of drug-likeness (QED) is 0.634. The van der Waals surface area contributed by atoms with Gasteiger partial charge in [0.1, 0.15) is 4.90 Å². The van der Waals surface area contributed by atoms with Gasteiger partial charge in [-0.3, -0.25) is 4.55 Å². The lowest BCUT2D eigenvalue weighted by atomic mass is 10.1. The van der Waals surface area contributed by atoms with Crippen molar-refractivity contribution in [2.45, 2.75) is 25.2 Å². The maximum absolute atomic E-state index is 11.2. The summed E-state index contributed by atoms with van der Waals surface area (Å²) in [6.07, 6.45) is 0.477. The molecule has 0 unspecified atom stereocenters. The van der Waals surface area contributed by atoms with Crippen molar-refractivity contribution >= 4 is 10.1 Å². The Morgan fingerprint density at radius 2 is 2.06 bits per heavy atom. The third-order valence-corrected chi connectivity index (χ3v) is 3.37. The number of hydrogen-bond acceptors (Lipinski definition) is 3. The van der Waals surface area contributed by atoms with Crippen LogP contribution >= 0.6 is 0 Å². The Morgan fingerprint density at radius 3 is 2.62 bits per heavy atom. The number of benzene rings is 1. The van der Waals surface area contributed by atoms with Gasteiger partial charge in [0.25, 0.3) is 10.1 Å². The zero-order valence-corrected chi connectivity index (χ0v) is 10.3. The van der Waals surface area contributed by atoms with Crippen molar-refractivity contribution in [3.8, 4) is 0 Å².